The largest absolute Gasteiger partial charge is 0.417 e. The Hall–Kier alpha value is -1.63. The molecule has 1 atom stereocenters. The zero-order valence-corrected chi connectivity index (χ0v) is 10.7. The topological polar surface area (TPSA) is 59.2 Å². The monoisotopic (exact) mass is 275 g/mol. The highest BCUT2D eigenvalue weighted by Gasteiger charge is 2.31. The van der Waals surface area contributed by atoms with E-state index in [0.717, 1.165) is 12.1 Å². The van der Waals surface area contributed by atoms with Crippen LogP contribution in [-0.2, 0) is 6.18 Å². The van der Waals surface area contributed by atoms with Crippen LogP contribution in [0.3, 0.4) is 0 Å². The van der Waals surface area contributed by atoms with Gasteiger partial charge in [0.05, 0.1) is 5.56 Å². The molecule has 0 fully saturated rings. The van der Waals surface area contributed by atoms with Gasteiger partial charge in [-0.1, -0.05) is 0 Å². The summed E-state index contributed by atoms with van der Waals surface area (Å²) in [6.07, 6.45) is -3.18. The number of aromatic nitrogens is 1. The number of pyridine rings is 1. The van der Waals surface area contributed by atoms with Crippen molar-refractivity contribution in [3.8, 4) is 0 Å². The quantitative estimate of drug-likeness (QED) is 0.913. The van der Waals surface area contributed by atoms with Gasteiger partial charge in [-0.3, -0.25) is 9.78 Å². The maximum atomic E-state index is 12.4. The first kappa shape index (κ1) is 15.4. The smallest absolute Gasteiger partial charge is 0.338 e. The Bertz CT molecular complexity index is 431. The van der Waals surface area contributed by atoms with Crippen molar-refractivity contribution in [1.29, 1.82) is 0 Å². The number of hydrogen-bond donors (Lipinski definition) is 1. The van der Waals surface area contributed by atoms with Crippen molar-refractivity contribution in [2.24, 2.45) is 5.73 Å². The average Bonchev–Trinajstić information content (AvgIpc) is 2.36. The summed E-state index contributed by atoms with van der Waals surface area (Å²) in [7, 11) is 1.57. The number of hydrogen-bond acceptors (Lipinski definition) is 3. The van der Waals surface area contributed by atoms with E-state index in [1.807, 2.05) is 6.92 Å². The first-order chi connectivity index (χ1) is 8.77. The van der Waals surface area contributed by atoms with Crippen LogP contribution in [0, 0.1) is 0 Å². The van der Waals surface area contributed by atoms with Gasteiger partial charge in [-0.15, -0.1) is 0 Å². The van der Waals surface area contributed by atoms with Crippen LogP contribution < -0.4 is 5.73 Å². The van der Waals surface area contributed by atoms with Crippen molar-refractivity contribution < 1.29 is 18.0 Å². The van der Waals surface area contributed by atoms with Crippen LogP contribution in [-0.4, -0.2) is 35.4 Å². The Kier molecular flexibility index (Phi) is 4.88. The fourth-order valence-electron chi connectivity index (χ4n) is 1.50. The second-order valence-corrected chi connectivity index (χ2v) is 4.27. The number of carbonyl (C=O) groups is 1. The standard InChI is InChI=1S/C12H16F3N3O/c1-8(5-6-16)18(2)11(19)10-4-3-9(7-17-10)12(13,14)15/h3-4,7-8H,5-6,16H2,1-2H3. The summed E-state index contributed by atoms with van der Waals surface area (Å²) in [6, 6.07) is 1.83. The zero-order chi connectivity index (χ0) is 14.6. The summed E-state index contributed by atoms with van der Waals surface area (Å²) >= 11 is 0. The minimum atomic E-state index is -4.45. The van der Waals surface area contributed by atoms with E-state index in [1.54, 1.807) is 7.05 Å². The lowest BCUT2D eigenvalue weighted by molar-refractivity contribution is -0.137. The SMILES string of the molecule is CC(CCN)N(C)C(=O)c1ccc(C(F)(F)F)cn1. The molecule has 0 bridgehead atoms. The summed E-state index contributed by atoms with van der Waals surface area (Å²) in [5.74, 6) is -0.422. The van der Waals surface area contributed by atoms with Crippen LogP contribution in [0.4, 0.5) is 13.2 Å². The predicted molar refractivity (Wildman–Crippen MR) is 64.5 cm³/mol. The summed E-state index contributed by atoms with van der Waals surface area (Å²) < 4.78 is 37.1. The molecule has 19 heavy (non-hydrogen) atoms. The molecule has 106 valence electrons. The number of rotatable bonds is 4. The molecule has 1 unspecified atom stereocenters. The minimum absolute atomic E-state index is 0.0145. The van der Waals surface area contributed by atoms with Gasteiger partial charge >= 0.3 is 6.18 Å². The van der Waals surface area contributed by atoms with Gasteiger partial charge in [0, 0.05) is 19.3 Å². The summed E-state index contributed by atoms with van der Waals surface area (Å²) in [5, 5.41) is 0. The molecule has 0 aliphatic heterocycles. The highest BCUT2D eigenvalue weighted by Crippen LogP contribution is 2.28. The van der Waals surface area contributed by atoms with E-state index < -0.39 is 17.6 Å². The number of amides is 1. The highest BCUT2D eigenvalue weighted by atomic mass is 19.4. The van der Waals surface area contributed by atoms with Crippen molar-refractivity contribution in [1.82, 2.24) is 9.88 Å². The van der Waals surface area contributed by atoms with E-state index in [1.165, 1.54) is 4.90 Å². The second-order valence-electron chi connectivity index (χ2n) is 4.27. The molecule has 1 aromatic rings. The molecule has 1 amide bonds. The third-order valence-corrected chi connectivity index (χ3v) is 2.88. The zero-order valence-electron chi connectivity index (χ0n) is 10.7. The minimum Gasteiger partial charge on any atom is -0.338 e. The number of nitrogens with two attached hydrogens (primary N) is 1. The van der Waals surface area contributed by atoms with Crippen molar-refractivity contribution in [2.75, 3.05) is 13.6 Å². The number of alkyl halides is 3. The molecule has 4 nitrogen and oxygen atoms in total. The lowest BCUT2D eigenvalue weighted by Crippen LogP contribution is -2.36. The van der Waals surface area contributed by atoms with Crippen molar-refractivity contribution >= 4 is 5.91 Å². The molecule has 7 heteroatoms. The molecule has 0 aromatic carbocycles. The van der Waals surface area contributed by atoms with Crippen LogP contribution >= 0.6 is 0 Å². The molecule has 2 N–H and O–H groups in total. The van der Waals surface area contributed by atoms with Gasteiger partial charge in [-0.2, -0.15) is 13.2 Å². The maximum absolute atomic E-state index is 12.4. The third-order valence-electron chi connectivity index (χ3n) is 2.88. The number of carbonyl (C=O) groups excluding carboxylic acids is 1. The van der Waals surface area contributed by atoms with Crippen molar-refractivity contribution in [3.63, 3.8) is 0 Å². The molecule has 1 rings (SSSR count). The number of nitrogens with zero attached hydrogens (tertiary/aromatic N) is 2. The van der Waals surface area contributed by atoms with Crippen LogP contribution in [0.5, 0.6) is 0 Å². The van der Waals surface area contributed by atoms with Crippen LogP contribution in [0.1, 0.15) is 29.4 Å². The molecule has 1 aromatic heterocycles. The molecule has 0 aliphatic rings. The average molecular weight is 275 g/mol. The van der Waals surface area contributed by atoms with Crippen molar-refractivity contribution in [2.45, 2.75) is 25.6 Å². The van der Waals surface area contributed by atoms with E-state index in [-0.39, 0.29) is 11.7 Å². The first-order valence-corrected chi connectivity index (χ1v) is 5.78. The lowest BCUT2D eigenvalue weighted by Gasteiger charge is -2.24. The van der Waals surface area contributed by atoms with Crippen LogP contribution in [0.25, 0.3) is 0 Å². The van der Waals surface area contributed by atoms with E-state index in [2.05, 4.69) is 4.98 Å². The van der Waals surface area contributed by atoms with Gasteiger partial charge in [-0.25, -0.2) is 0 Å². The molecule has 0 spiro atoms. The van der Waals surface area contributed by atoms with Crippen LogP contribution in [0.2, 0.25) is 0 Å². The van der Waals surface area contributed by atoms with Gasteiger partial charge in [0.2, 0.25) is 0 Å². The molecule has 0 radical (unpaired) electrons. The van der Waals surface area contributed by atoms with E-state index in [0.29, 0.717) is 19.2 Å². The van der Waals surface area contributed by atoms with Crippen LogP contribution in [0.15, 0.2) is 18.3 Å². The normalized spacial score (nSPS) is 13.2. The maximum Gasteiger partial charge on any atom is 0.417 e. The summed E-state index contributed by atoms with van der Waals surface area (Å²) in [4.78, 5) is 16.9. The molecule has 0 saturated heterocycles. The first-order valence-electron chi connectivity index (χ1n) is 5.78. The molecular weight excluding hydrogens is 259 g/mol. The molecule has 0 saturated carbocycles. The van der Waals surface area contributed by atoms with Gasteiger partial charge in [0.25, 0.3) is 5.91 Å². The Morgan fingerprint density at radius 1 is 1.47 bits per heavy atom. The van der Waals surface area contributed by atoms with E-state index >= 15 is 0 Å². The van der Waals surface area contributed by atoms with Gasteiger partial charge in [0.15, 0.2) is 0 Å². The number of halogens is 3. The Balaban J connectivity index is 2.84. The lowest BCUT2D eigenvalue weighted by atomic mass is 10.2. The van der Waals surface area contributed by atoms with Crippen molar-refractivity contribution in [3.05, 3.63) is 29.6 Å². The second kappa shape index (κ2) is 6.01. The van der Waals surface area contributed by atoms with Gasteiger partial charge in [0.1, 0.15) is 5.69 Å². The molecular formula is C12H16F3N3O. The molecule has 0 aliphatic carbocycles. The molecule has 1 heterocycles. The Morgan fingerprint density at radius 2 is 2.11 bits per heavy atom. The summed E-state index contributed by atoms with van der Waals surface area (Å²) in [6.45, 7) is 2.24. The fourth-order valence-corrected chi connectivity index (χ4v) is 1.50. The Labute approximate surface area is 109 Å². The van der Waals surface area contributed by atoms with E-state index in [9.17, 15) is 18.0 Å². The van der Waals surface area contributed by atoms with E-state index in [4.69, 9.17) is 5.73 Å². The fraction of sp³-hybridized carbons (Fsp3) is 0.500. The third kappa shape index (κ3) is 3.92. The Morgan fingerprint density at radius 3 is 2.53 bits per heavy atom. The van der Waals surface area contributed by atoms with Gasteiger partial charge in [-0.05, 0) is 32.0 Å². The highest BCUT2D eigenvalue weighted by molar-refractivity contribution is 5.92. The van der Waals surface area contributed by atoms with Gasteiger partial charge < -0.3 is 10.6 Å². The summed E-state index contributed by atoms with van der Waals surface area (Å²) in [5.41, 5.74) is 4.51. The predicted octanol–water partition coefficient (Wildman–Crippen LogP) is 1.91.